The lowest BCUT2D eigenvalue weighted by atomic mass is 10.1. The lowest BCUT2D eigenvalue weighted by Crippen LogP contribution is -2.34. The summed E-state index contributed by atoms with van der Waals surface area (Å²) < 4.78 is 5.11. The summed E-state index contributed by atoms with van der Waals surface area (Å²) in [5.41, 5.74) is 0.768. The van der Waals surface area contributed by atoms with Gasteiger partial charge in [0.25, 0.3) is 11.6 Å². The van der Waals surface area contributed by atoms with Gasteiger partial charge in [-0.1, -0.05) is 36.4 Å². The van der Waals surface area contributed by atoms with Gasteiger partial charge in [-0.3, -0.25) is 14.9 Å². The Balaban J connectivity index is 1.72. The second-order valence-corrected chi connectivity index (χ2v) is 6.02. The van der Waals surface area contributed by atoms with Crippen LogP contribution in [0, 0.1) is 10.1 Å². The minimum Gasteiger partial charge on any atom is -0.452 e. The van der Waals surface area contributed by atoms with E-state index in [2.05, 4.69) is 0 Å². The molecule has 3 aromatic carbocycles. The summed E-state index contributed by atoms with van der Waals surface area (Å²) in [6.07, 6.45) is 0. The van der Waals surface area contributed by atoms with Gasteiger partial charge in [-0.05, 0) is 30.5 Å². The zero-order valence-electron chi connectivity index (χ0n) is 15.2. The number of benzene rings is 3. The molecule has 0 atom stereocenters. The summed E-state index contributed by atoms with van der Waals surface area (Å²) in [5, 5.41) is 12.6. The Labute approximate surface area is 161 Å². The second-order valence-electron chi connectivity index (χ2n) is 6.02. The SMILES string of the molecule is CCN(C(=O)COC(=O)c1ccc([N+](=O)[O-])cc1)c1cccc2ccccc12. The van der Waals surface area contributed by atoms with Crippen molar-refractivity contribution in [1.82, 2.24) is 0 Å². The second kappa shape index (κ2) is 8.30. The summed E-state index contributed by atoms with van der Waals surface area (Å²) in [7, 11) is 0. The number of carbonyl (C=O) groups is 2. The Morgan fingerprint density at radius 3 is 2.36 bits per heavy atom. The summed E-state index contributed by atoms with van der Waals surface area (Å²) in [6, 6.07) is 18.4. The van der Waals surface area contributed by atoms with Crippen molar-refractivity contribution in [3.8, 4) is 0 Å². The Kier molecular flexibility index (Phi) is 5.64. The third kappa shape index (κ3) is 3.98. The zero-order chi connectivity index (χ0) is 20.1. The third-order valence-electron chi connectivity index (χ3n) is 4.32. The lowest BCUT2D eigenvalue weighted by Gasteiger charge is -2.22. The van der Waals surface area contributed by atoms with Gasteiger partial charge in [-0.25, -0.2) is 4.79 Å². The molecule has 0 spiro atoms. The van der Waals surface area contributed by atoms with Gasteiger partial charge in [0.1, 0.15) is 0 Å². The average Bonchev–Trinajstić information content (AvgIpc) is 2.72. The summed E-state index contributed by atoms with van der Waals surface area (Å²) in [5.74, 6) is -1.06. The number of nitrogens with zero attached hydrogens (tertiary/aromatic N) is 2. The normalized spacial score (nSPS) is 10.5. The predicted molar refractivity (Wildman–Crippen MR) is 105 cm³/mol. The van der Waals surface area contributed by atoms with Crippen LogP contribution >= 0.6 is 0 Å². The van der Waals surface area contributed by atoms with Crippen molar-refractivity contribution in [3.63, 3.8) is 0 Å². The molecule has 0 fully saturated rings. The van der Waals surface area contributed by atoms with Crippen LogP contribution in [0.15, 0.2) is 66.7 Å². The van der Waals surface area contributed by atoms with Gasteiger partial charge in [-0.15, -0.1) is 0 Å². The monoisotopic (exact) mass is 378 g/mol. The average molecular weight is 378 g/mol. The van der Waals surface area contributed by atoms with Gasteiger partial charge in [0.05, 0.1) is 16.2 Å². The van der Waals surface area contributed by atoms with Crippen molar-refractivity contribution < 1.29 is 19.2 Å². The van der Waals surface area contributed by atoms with E-state index in [-0.39, 0.29) is 17.2 Å². The predicted octanol–water partition coefficient (Wildman–Crippen LogP) is 3.96. The molecular formula is C21H18N2O5. The number of non-ortho nitro benzene ring substituents is 1. The number of nitro benzene ring substituents is 1. The van der Waals surface area contributed by atoms with E-state index in [9.17, 15) is 19.7 Å². The fraction of sp³-hybridized carbons (Fsp3) is 0.143. The fourth-order valence-corrected chi connectivity index (χ4v) is 2.93. The van der Waals surface area contributed by atoms with Crippen molar-refractivity contribution >= 4 is 34.0 Å². The molecule has 7 heteroatoms. The molecule has 0 heterocycles. The Morgan fingerprint density at radius 1 is 1.00 bits per heavy atom. The van der Waals surface area contributed by atoms with E-state index >= 15 is 0 Å². The van der Waals surface area contributed by atoms with Crippen LogP contribution in [0.25, 0.3) is 10.8 Å². The number of carbonyl (C=O) groups excluding carboxylic acids is 2. The maximum absolute atomic E-state index is 12.7. The van der Waals surface area contributed by atoms with E-state index < -0.39 is 17.5 Å². The number of ether oxygens (including phenoxy) is 1. The van der Waals surface area contributed by atoms with Crippen molar-refractivity contribution in [2.75, 3.05) is 18.1 Å². The molecule has 0 radical (unpaired) electrons. The van der Waals surface area contributed by atoms with E-state index in [4.69, 9.17) is 4.74 Å². The fourth-order valence-electron chi connectivity index (χ4n) is 2.93. The molecular weight excluding hydrogens is 360 g/mol. The number of esters is 1. The first-order valence-corrected chi connectivity index (χ1v) is 8.71. The van der Waals surface area contributed by atoms with Crippen LogP contribution in [-0.4, -0.2) is 30.0 Å². The van der Waals surface area contributed by atoms with Gasteiger partial charge in [-0.2, -0.15) is 0 Å². The summed E-state index contributed by atoms with van der Waals surface area (Å²) in [6.45, 7) is 1.84. The highest BCUT2D eigenvalue weighted by atomic mass is 16.6. The molecule has 0 aliphatic carbocycles. The van der Waals surface area contributed by atoms with Crippen LogP contribution in [0.3, 0.4) is 0 Å². The Hall–Kier alpha value is -3.74. The smallest absolute Gasteiger partial charge is 0.338 e. The topological polar surface area (TPSA) is 89.8 Å². The number of rotatable bonds is 6. The van der Waals surface area contributed by atoms with Gasteiger partial charge in [0.15, 0.2) is 6.61 Å². The number of hydrogen-bond donors (Lipinski definition) is 0. The molecule has 0 saturated heterocycles. The van der Waals surface area contributed by atoms with Crippen LogP contribution in [0.1, 0.15) is 17.3 Å². The van der Waals surface area contributed by atoms with E-state index in [0.29, 0.717) is 6.54 Å². The molecule has 1 amide bonds. The first-order valence-electron chi connectivity index (χ1n) is 8.71. The first kappa shape index (κ1) is 19.0. The molecule has 28 heavy (non-hydrogen) atoms. The van der Waals surface area contributed by atoms with Crippen molar-refractivity contribution in [2.24, 2.45) is 0 Å². The van der Waals surface area contributed by atoms with Crippen molar-refractivity contribution in [3.05, 3.63) is 82.4 Å². The maximum Gasteiger partial charge on any atom is 0.338 e. The zero-order valence-corrected chi connectivity index (χ0v) is 15.2. The molecule has 0 aliphatic heterocycles. The molecule has 3 aromatic rings. The Bertz CT molecular complexity index is 1030. The Morgan fingerprint density at radius 2 is 1.68 bits per heavy atom. The van der Waals surface area contributed by atoms with Crippen LogP contribution in [0.2, 0.25) is 0 Å². The minimum atomic E-state index is -0.711. The van der Waals surface area contributed by atoms with Crippen molar-refractivity contribution in [2.45, 2.75) is 6.92 Å². The molecule has 3 rings (SSSR count). The third-order valence-corrected chi connectivity index (χ3v) is 4.32. The van der Waals surface area contributed by atoms with Gasteiger partial charge >= 0.3 is 5.97 Å². The standard InChI is InChI=1S/C21H18N2O5/c1-2-22(19-9-5-7-15-6-3-4-8-18(15)19)20(24)14-28-21(25)16-10-12-17(13-11-16)23(26)27/h3-13H,2,14H2,1H3. The highest BCUT2D eigenvalue weighted by molar-refractivity contribution is 6.04. The molecule has 0 unspecified atom stereocenters. The molecule has 0 aliphatic rings. The van der Waals surface area contributed by atoms with E-state index in [1.165, 1.54) is 24.3 Å². The van der Waals surface area contributed by atoms with E-state index in [0.717, 1.165) is 16.5 Å². The van der Waals surface area contributed by atoms with Crippen LogP contribution in [-0.2, 0) is 9.53 Å². The number of likely N-dealkylation sites (N-methyl/N-ethyl adjacent to an activating group) is 1. The van der Waals surface area contributed by atoms with Crippen LogP contribution in [0.4, 0.5) is 11.4 Å². The first-order chi connectivity index (χ1) is 13.5. The van der Waals surface area contributed by atoms with Gasteiger partial charge in [0.2, 0.25) is 0 Å². The largest absolute Gasteiger partial charge is 0.452 e. The van der Waals surface area contributed by atoms with E-state index in [1.807, 2.05) is 49.4 Å². The number of amides is 1. The molecule has 0 N–H and O–H groups in total. The lowest BCUT2D eigenvalue weighted by molar-refractivity contribution is -0.384. The number of fused-ring (bicyclic) bond motifs is 1. The number of anilines is 1. The van der Waals surface area contributed by atoms with Crippen LogP contribution < -0.4 is 4.90 Å². The van der Waals surface area contributed by atoms with E-state index in [1.54, 1.807) is 4.90 Å². The molecule has 7 nitrogen and oxygen atoms in total. The van der Waals surface area contributed by atoms with Gasteiger partial charge in [0, 0.05) is 24.1 Å². The van der Waals surface area contributed by atoms with Crippen LogP contribution in [0.5, 0.6) is 0 Å². The highest BCUT2D eigenvalue weighted by Crippen LogP contribution is 2.26. The molecule has 142 valence electrons. The highest BCUT2D eigenvalue weighted by Gasteiger charge is 2.19. The quantitative estimate of drug-likeness (QED) is 0.368. The summed E-state index contributed by atoms with van der Waals surface area (Å²) in [4.78, 5) is 36.5. The number of nitro groups is 1. The summed E-state index contributed by atoms with van der Waals surface area (Å²) >= 11 is 0. The van der Waals surface area contributed by atoms with Crippen molar-refractivity contribution in [1.29, 1.82) is 0 Å². The minimum absolute atomic E-state index is 0.124. The molecule has 0 bridgehead atoms. The molecule has 0 saturated carbocycles. The maximum atomic E-state index is 12.7. The number of hydrogen-bond acceptors (Lipinski definition) is 5. The molecule has 0 aromatic heterocycles. The van der Waals surface area contributed by atoms with Gasteiger partial charge < -0.3 is 9.64 Å².